The van der Waals surface area contributed by atoms with E-state index in [1.807, 2.05) is 0 Å². The number of pyridine rings is 1. The smallest absolute Gasteiger partial charge is 0.224 e. The molecular formula is C9H11ClN2O. The highest BCUT2D eigenvalue weighted by Gasteiger charge is 2.03. The van der Waals surface area contributed by atoms with Gasteiger partial charge in [-0.2, -0.15) is 0 Å². The fourth-order valence-electron chi connectivity index (χ4n) is 0.901. The van der Waals surface area contributed by atoms with E-state index in [9.17, 15) is 4.79 Å². The van der Waals surface area contributed by atoms with Gasteiger partial charge in [0.2, 0.25) is 5.91 Å². The molecule has 0 aromatic carbocycles. The van der Waals surface area contributed by atoms with Crippen LogP contribution >= 0.6 is 11.6 Å². The first-order valence-corrected chi connectivity index (χ1v) is 4.44. The summed E-state index contributed by atoms with van der Waals surface area (Å²) in [6.07, 6.45) is 0.460. The molecule has 3 nitrogen and oxygen atoms in total. The van der Waals surface area contributed by atoms with Crippen molar-refractivity contribution in [3.05, 3.63) is 23.0 Å². The molecule has 0 radical (unpaired) electrons. The summed E-state index contributed by atoms with van der Waals surface area (Å²) in [7, 11) is 0. The molecule has 0 fully saturated rings. The third-order valence-electron chi connectivity index (χ3n) is 1.65. The van der Waals surface area contributed by atoms with Crippen LogP contribution in [0.3, 0.4) is 0 Å². The highest BCUT2D eigenvalue weighted by Crippen LogP contribution is 2.15. The van der Waals surface area contributed by atoms with Gasteiger partial charge in [-0.05, 0) is 19.1 Å². The predicted octanol–water partition coefficient (Wildman–Crippen LogP) is 2.39. The fourth-order valence-corrected chi connectivity index (χ4v) is 1.09. The van der Waals surface area contributed by atoms with Gasteiger partial charge in [-0.25, -0.2) is 4.98 Å². The van der Waals surface area contributed by atoms with E-state index in [4.69, 9.17) is 11.6 Å². The van der Waals surface area contributed by atoms with Gasteiger partial charge in [-0.3, -0.25) is 4.79 Å². The van der Waals surface area contributed by atoms with Gasteiger partial charge < -0.3 is 5.32 Å². The Bertz CT molecular complexity index is 325. The Hall–Kier alpha value is -1.09. The van der Waals surface area contributed by atoms with Gasteiger partial charge in [0.05, 0.1) is 11.4 Å². The van der Waals surface area contributed by atoms with Crippen molar-refractivity contribution in [2.45, 2.75) is 20.3 Å². The predicted molar refractivity (Wildman–Crippen MR) is 52.9 cm³/mol. The Morgan fingerprint density at radius 1 is 1.62 bits per heavy atom. The van der Waals surface area contributed by atoms with Crippen molar-refractivity contribution in [3.63, 3.8) is 0 Å². The average Bonchev–Trinajstić information content (AvgIpc) is 2.09. The van der Waals surface area contributed by atoms with E-state index >= 15 is 0 Å². The number of hydrogen-bond donors (Lipinski definition) is 1. The fraction of sp³-hybridized carbons (Fsp3) is 0.333. The summed E-state index contributed by atoms with van der Waals surface area (Å²) in [4.78, 5) is 15.1. The van der Waals surface area contributed by atoms with Crippen molar-refractivity contribution in [2.24, 2.45) is 0 Å². The van der Waals surface area contributed by atoms with Crippen LogP contribution in [0, 0.1) is 6.92 Å². The maximum absolute atomic E-state index is 11.0. The van der Waals surface area contributed by atoms with Gasteiger partial charge >= 0.3 is 0 Å². The number of halogens is 1. The first kappa shape index (κ1) is 9.99. The van der Waals surface area contributed by atoms with Gasteiger partial charge in [-0.15, -0.1) is 0 Å². The Morgan fingerprint density at radius 3 is 2.85 bits per heavy atom. The number of nitrogens with one attached hydrogen (secondary N) is 1. The molecule has 0 saturated heterocycles. The van der Waals surface area contributed by atoms with Crippen molar-refractivity contribution >= 4 is 23.2 Å². The molecule has 13 heavy (non-hydrogen) atoms. The van der Waals surface area contributed by atoms with Crippen LogP contribution in [0.25, 0.3) is 0 Å². The molecule has 0 unspecified atom stereocenters. The van der Waals surface area contributed by atoms with Crippen molar-refractivity contribution in [1.29, 1.82) is 0 Å². The molecule has 0 saturated carbocycles. The van der Waals surface area contributed by atoms with Crippen LogP contribution in [0.5, 0.6) is 0 Å². The van der Waals surface area contributed by atoms with Crippen LogP contribution in [0.4, 0.5) is 5.69 Å². The molecule has 1 N–H and O–H groups in total. The molecule has 1 heterocycles. The molecule has 0 spiro atoms. The van der Waals surface area contributed by atoms with E-state index in [0.29, 0.717) is 11.6 Å². The minimum absolute atomic E-state index is 0.0211. The van der Waals surface area contributed by atoms with Crippen LogP contribution in [0.1, 0.15) is 19.0 Å². The number of anilines is 1. The Labute approximate surface area is 82.1 Å². The monoisotopic (exact) mass is 198 g/mol. The molecule has 4 heteroatoms. The summed E-state index contributed by atoms with van der Waals surface area (Å²) < 4.78 is 0. The SMILES string of the molecule is CCC(=O)Nc1ccc(Cl)nc1C. The highest BCUT2D eigenvalue weighted by molar-refractivity contribution is 6.29. The number of hydrogen-bond acceptors (Lipinski definition) is 2. The summed E-state index contributed by atoms with van der Waals surface area (Å²) in [5.41, 5.74) is 1.45. The van der Waals surface area contributed by atoms with Crippen LogP contribution in [0.2, 0.25) is 5.15 Å². The van der Waals surface area contributed by atoms with Crippen LogP contribution in [-0.2, 0) is 4.79 Å². The minimum atomic E-state index is -0.0211. The first-order valence-electron chi connectivity index (χ1n) is 4.06. The molecule has 0 aliphatic heterocycles. The Morgan fingerprint density at radius 2 is 2.31 bits per heavy atom. The number of amides is 1. The zero-order valence-corrected chi connectivity index (χ0v) is 8.35. The molecule has 0 aliphatic rings. The van der Waals surface area contributed by atoms with Gasteiger partial charge in [0.25, 0.3) is 0 Å². The molecule has 1 aromatic heterocycles. The van der Waals surface area contributed by atoms with Crippen molar-refractivity contribution in [1.82, 2.24) is 4.98 Å². The number of nitrogens with zero attached hydrogens (tertiary/aromatic N) is 1. The summed E-state index contributed by atoms with van der Waals surface area (Å²) in [5.74, 6) is -0.0211. The highest BCUT2D eigenvalue weighted by atomic mass is 35.5. The number of carbonyl (C=O) groups is 1. The zero-order chi connectivity index (χ0) is 9.84. The van der Waals surface area contributed by atoms with Crippen LogP contribution in [-0.4, -0.2) is 10.9 Å². The topological polar surface area (TPSA) is 42.0 Å². The quantitative estimate of drug-likeness (QED) is 0.742. The molecule has 1 rings (SSSR count). The van der Waals surface area contributed by atoms with Crippen molar-refractivity contribution < 1.29 is 4.79 Å². The lowest BCUT2D eigenvalue weighted by Crippen LogP contribution is -2.10. The lowest BCUT2D eigenvalue weighted by Gasteiger charge is -2.05. The lowest BCUT2D eigenvalue weighted by atomic mass is 10.3. The molecule has 0 aliphatic carbocycles. The van der Waals surface area contributed by atoms with E-state index in [0.717, 1.165) is 11.4 Å². The van der Waals surface area contributed by atoms with Gasteiger partial charge in [0.1, 0.15) is 5.15 Å². The molecule has 1 aromatic rings. The van der Waals surface area contributed by atoms with E-state index in [-0.39, 0.29) is 5.91 Å². The normalized spacial score (nSPS) is 9.77. The molecule has 0 bridgehead atoms. The summed E-state index contributed by atoms with van der Waals surface area (Å²) in [6.45, 7) is 3.60. The summed E-state index contributed by atoms with van der Waals surface area (Å²) in [6, 6.07) is 3.40. The maximum atomic E-state index is 11.0. The second kappa shape index (κ2) is 4.23. The number of aryl methyl sites for hydroxylation is 1. The Balaban J connectivity index is 2.83. The van der Waals surface area contributed by atoms with Crippen LogP contribution < -0.4 is 5.32 Å². The van der Waals surface area contributed by atoms with E-state index in [2.05, 4.69) is 10.3 Å². The molecule has 0 atom stereocenters. The third kappa shape index (κ3) is 2.70. The van der Waals surface area contributed by atoms with E-state index < -0.39 is 0 Å². The van der Waals surface area contributed by atoms with E-state index in [1.165, 1.54) is 0 Å². The zero-order valence-electron chi connectivity index (χ0n) is 7.60. The van der Waals surface area contributed by atoms with Crippen molar-refractivity contribution in [3.8, 4) is 0 Å². The number of rotatable bonds is 2. The standard InChI is InChI=1S/C9H11ClN2O/c1-3-9(13)12-7-4-5-8(10)11-6(7)2/h4-5H,3H2,1-2H3,(H,12,13). The second-order valence-electron chi connectivity index (χ2n) is 2.67. The Kier molecular flexibility index (Phi) is 3.25. The van der Waals surface area contributed by atoms with Gasteiger partial charge in [0.15, 0.2) is 0 Å². The van der Waals surface area contributed by atoms with Crippen LogP contribution in [0.15, 0.2) is 12.1 Å². The molecule has 1 amide bonds. The largest absolute Gasteiger partial charge is 0.325 e. The number of aromatic nitrogens is 1. The lowest BCUT2D eigenvalue weighted by molar-refractivity contribution is -0.115. The molecular weight excluding hydrogens is 188 g/mol. The number of carbonyl (C=O) groups excluding carboxylic acids is 1. The third-order valence-corrected chi connectivity index (χ3v) is 1.86. The average molecular weight is 199 g/mol. The van der Waals surface area contributed by atoms with Crippen molar-refractivity contribution in [2.75, 3.05) is 5.32 Å². The maximum Gasteiger partial charge on any atom is 0.224 e. The summed E-state index contributed by atoms with van der Waals surface area (Å²) >= 11 is 5.66. The molecule has 70 valence electrons. The van der Waals surface area contributed by atoms with E-state index in [1.54, 1.807) is 26.0 Å². The first-order chi connectivity index (χ1) is 6.13. The van der Waals surface area contributed by atoms with Gasteiger partial charge in [0, 0.05) is 6.42 Å². The van der Waals surface area contributed by atoms with Gasteiger partial charge in [-0.1, -0.05) is 18.5 Å². The second-order valence-corrected chi connectivity index (χ2v) is 3.06. The summed E-state index contributed by atoms with van der Waals surface area (Å²) in [5, 5.41) is 3.16. The minimum Gasteiger partial charge on any atom is -0.325 e.